The van der Waals surface area contributed by atoms with Crippen LogP contribution < -0.4 is 0 Å². The van der Waals surface area contributed by atoms with Crippen LogP contribution in [-0.4, -0.2) is 40.0 Å². The van der Waals surface area contributed by atoms with E-state index >= 15 is 0 Å². The molecule has 5 heteroatoms. The maximum atomic E-state index is 12.0. The summed E-state index contributed by atoms with van der Waals surface area (Å²) in [7, 11) is 0. The Hall–Kier alpha value is -1.03. The van der Waals surface area contributed by atoms with E-state index < -0.39 is 0 Å². The predicted molar refractivity (Wildman–Crippen MR) is 58.1 cm³/mol. The molecule has 15 heavy (non-hydrogen) atoms. The minimum atomic E-state index is 0.0638. The fraction of sp³-hybridized carbons (Fsp3) is 0.600. The number of hydrogen-bond donors (Lipinski definition) is 1. The Morgan fingerprint density at radius 3 is 3.13 bits per heavy atom. The smallest absolute Gasteiger partial charge is 0.257 e. The van der Waals surface area contributed by atoms with Crippen molar-refractivity contribution >= 4 is 17.5 Å². The van der Waals surface area contributed by atoms with E-state index in [9.17, 15) is 4.79 Å². The average molecular weight is 228 g/mol. The van der Waals surface area contributed by atoms with Crippen LogP contribution >= 0.6 is 11.6 Å². The maximum Gasteiger partial charge on any atom is 0.257 e. The zero-order valence-corrected chi connectivity index (χ0v) is 9.42. The third-order valence-electron chi connectivity index (χ3n) is 2.85. The molecule has 0 radical (unpaired) electrons. The van der Waals surface area contributed by atoms with Crippen molar-refractivity contribution in [3.63, 3.8) is 0 Å². The maximum absolute atomic E-state index is 12.0. The summed E-state index contributed by atoms with van der Waals surface area (Å²) in [6.07, 6.45) is 2.60. The first-order valence-corrected chi connectivity index (χ1v) is 5.61. The molecular formula is C10H14ClN3O. The van der Waals surface area contributed by atoms with Gasteiger partial charge in [-0.1, -0.05) is 0 Å². The molecule has 0 aliphatic carbocycles. The van der Waals surface area contributed by atoms with Crippen molar-refractivity contribution in [3.8, 4) is 0 Å². The molecule has 1 fully saturated rings. The van der Waals surface area contributed by atoms with Gasteiger partial charge in [-0.3, -0.25) is 9.89 Å². The summed E-state index contributed by atoms with van der Waals surface area (Å²) in [5, 5.41) is 6.63. The Bertz CT molecular complexity index is 363. The number of nitrogens with one attached hydrogen (secondary N) is 1. The number of hydrogen-bond acceptors (Lipinski definition) is 2. The number of rotatable bonds is 2. The van der Waals surface area contributed by atoms with Gasteiger partial charge < -0.3 is 4.90 Å². The van der Waals surface area contributed by atoms with Crippen LogP contribution in [-0.2, 0) is 0 Å². The van der Waals surface area contributed by atoms with Gasteiger partial charge in [0.05, 0.1) is 11.8 Å². The highest BCUT2D eigenvalue weighted by atomic mass is 35.5. The van der Waals surface area contributed by atoms with Crippen LogP contribution in [0.2, 0.25) is 0 Å². The van der Waals surface area contributed by atoms with Gasteiger partial charge >= 0.3 is 0 Å². The second-order valence-corrected chi connectivity index (χ2v) is 4.28. The van der Waals surface area contributed by atoms with Gasteiger partial charge in [-0.15, -0.1) is 11.6 Å². The van der Waals surface area contributed by atoms with Gasteiger partial charge in [0.15, 0.2) is 0 Å². The summed E-state index contributed by atoms with van der Waals surface area (Å²) in [6.45, 7) is 3.43. The molecule has 1 aromatic rings. The summed E-state index contributed by atoms with van der Waals surface area (Å²) in [5.74, 6) is 1.14. The molecule has 1 unspecified atom stereocenters. The molecule has 1 N–H and O–H groups in total. The van der Waals surface area contributed by atoms with Crippen molar-refractivity contribution in [2.75, 3.05) is 19.0 Å². The van der Waals surface area contributed by atoms with Crippen LogP contribution in [0.1, 0.15) is 22.5 Å². The molecule has 2 rings (SSSR count). The van der Waals surface area contributed by atoms with Crippen molar-refractivity contribution in [1.29, 1.82) is 0 Å². The molecule has 1 aliphatic heterocycles. The Morgan fingerprint density at radius 2 is 2.60 bits per heavy atom. The molecule has 1 atom stereocenters. The molecule has 0 saturated carbocycles. The van der Waals surface area contributed by atoms with Gasteiger partial charge in [-0.25, -0.2) is 0 Å². The van der Waals surface area contributed by atoms with E-state index in [1.54, 1.807) is 6.20 Å². The predicted octanol–water partition coefficient (Wildman–Crippen LogP) is 1.42. The zero-order chi connectivity index (χ0) is 10.8. The second kappa shape index (κ2) is 4.23. The van der Waals surface area contributed by atoms with Gasteiger partial charge in [0.25, 0.3) is 5.91 Å². The quantitative estimate of drug-likeness (QED) is 0.777. The summed E-state index contributed by atoms with van der Waals surface area (Å²) in [6, 6.07) is 0. The lowest BCUT2D eigenvalue weighted by molar-refractivity contribution is 0.0787. The standard InChI is InChI=1S/C10H14ClN3O/c1-7-9(5-12-13-7)10(15)14-3-2-8(4-11)6-14/h5,8H,2-4,6H2,1H3,(H,12,13). The van der Waals surface area contributed by atoms with E-state index in [0.717, 1.165) is 25.2 Å². The van der Waals surface area contributed by atoms with E-state index in [4.69, 9.17) is 11.6 Å². The Kier molecular flexibility index (Phi) is 2.95. The van der Waals surface area contributed by atoms with Crippen molar-refractivity contribution in [2.24, 2.45) is 5.92 Å². The number of carbonyl (C=O) groups is 1. The number of halogens is 1. The highest BCUT2D eigenvalue weighted by Crippen LogP contribution is 2.20. The van der Waals surface area contributed by atoms with Gasteiger partial charge in [-0.05, 0) is 19.3 Å². The minimum absolute atomic E-state index is 0.0638. The van der Waals surface area contributed by atoms with Crippen molar-refractivity contribution in [1.82, 2.24) is 15.1 Å². The van der Waals surface area contributed by atoms with Gasteiger partial charge in [-0.2, -0.15) is 5.10 Å². The third-order valence-corrected chi connectivity index (χ3v) is 3.29. The number of carbonyl (C=O) groups excluding carboxylic acids is 1. The molecule has 1 aromatic heterocycles. The van der Waals surface area contributed by atoms with E-state index in [2.05, 4.69) is 10.2 Å². The molecule has 1 saturated heterocycles. The third kappa shape index (κ3) is 2.00. The Balaban J connectivity index is 2.07. The average Bonchev–Trinajstić information content (AvgIpc) is 2.84. The first-order valence-electron chi connectivity index (χ1n) is 5.07. The largest absolute Gasteiger partial charge is 0.338 e. The molecule has 0 aromatic carbocycles. The number of nitrogens with zero attached hydrogens (tertiary/aromatic N) is 2. The topological polar surface area (TPSA) is 49.0 Å². The lowest BCUT2D eigenvalue weighted by Crippen LogP contribution is -2.29. The lowest BCUT2D eigenvalue weighted by atomic mass is 10.2. The number of aromatic nitrogens is 2. The van der Waals surface area contributed by atoms with Crippen molar-refractivity contribution in [2.45, 2.75) is 13.3 Å². The van der Waals surface area contributed by atoms with E-state index in [-0.39, 0.29) is 5.91 Å². The Morgan fingerprint density at radius 1 is 1.80 bits per heavy atom. The summed E-state index contributed by atoms with van der Waals surface area (Å²) in [5.41, 5.74) is 1.50. The van der Waals surface area contributed by atoms with Crippen molar-refractivity contribution in [3.05, 3.63) is 17.5 Å². The molecule has 2 heterocycles. The summed E-state index contributed by atoms with van der Waals surface area (Å²) < 4.78 is 0. The van der Waals surface area contributed by atoms with Crippen LogP contribution in [0.5, 0.6) is 0 Å². The zero-order valence-electron chi connectivity index (χ0n) is 8.66. The molecule has 0 spiro atoms. The van der Waals surface area contributed by atoms with Crippen LogP contribution in [0.4, 0.5) is 0 Å². The SMILES string of the molecule is Cc1[nH]ncc1C(=O)N1CCC(CCl)C1. The second-order valence-electron chi connectivity index (χ2n) is 3.97. The van der Waals surface area contributed by atoms with E-state index in [1.807, 2.05) is 11.8 Å². The molecule has 4 nitrogen and oxygen atoms in total. The van der Waals surface area contributed by atoms with Crippen molar-refractivity contribution < 1.29 is 4.79 Å². The number of aryl methyl sites for hydroxylation is 1. The van der Waals surface area contributed by atoms with E-state index in [1.165, 1.54) is 0 Å². The first-order chi connectivity index (χ1) is 7.22. The van der Waals surface area contributed by atoms with E-state index in [0.29, 0.717) is 17.4 Å². The molecule has 0 bridgehead atoms. The number of H-pyrrole nitrogens is 1. The van der Waals surface area contributed by atoms with Crippen LogP contribution in [0.15, 0.2) is 6.20 Å². The number of likely N-dealkylation sites (tertiary alicyclic amines) is 1. The fourth-order valence-electron chi connectivity index (χ4n) is 1.88. The molecule has 82 valence electrons. The molecular weight excluding hydrogens is 214 g/mol. The minimum Gasteiger partial charge on any atom is -0.338 e. The number of alkyl halides is 1. The van der Waals surface area contributed by atoms with Gasteiger partial charge in [0.2, 0.25) is 0 Å². The highest BCUT2D eigenvalue weighted by molar-refractivity contribution is 6.18. The van der Waals surface area contributed by atoms with Gasteiger partial charge in [0.1, 0.15) is 0 Å². The highest BCUT2D eigenvalue weighted by Gasteiger charge is 2.27. The Labute approximate surface area is 93.6 Å². The number of aromatic amines is 1. The van der Waals surface area contributed by atoms with Crippen LogP contribution in [0, 0.1) is 12.8 Å². The lowest BCUT2D eigenvalue weighted by Gasteiger charge is -2.15. The van der Waals surface area contributed by atoms with Crippen LogP contribution in [0.3, 0.4) is 0 Å². The van der Waals surface area contributed by atoms with Crippen LogP contribution in [0.25, 0.3) is 0 Å². The summed E-state index contributed by atoms with van der Waals surface area (Å²) >= 11 is 5.78. The first kappa shape index (κ1) is 10.5. The molecule has 1 aliphatic rings. The summed E-state index contributed by atoms with van der Waals surface area (Å²) in [4.78, 5) is 13.9. The monoisotopic (exact) mass is 227 g/mol. The normalized spacial score (nSPS) is 20.9. The molecule has 1 amide bonds. The number of amides is 1. The van der Waals surface area contributed by atoms with Gasteiger partial charge in [0, 0.05) is 24.7 Å². The fourth-order valence-corrected chi connectivity index (χ4v) is 2.13.